The molecular weight excluding hydrogens is 342 g/mol. The van der Waals surface area contributed by atoms with Crippen LogP contribution in [0.3, 0.4) is 0 Å². The molecule has 0 fully saturated rings. The number of methoxy groups -OCH3 is 1. The molecule has 0 saturated carbocycles. The third-order valence-electron chi connectivity index (χ3n) is 4.05. The van der Waals surface area contributed by atoms with Crippen LogP contribution in [0.25, 0.3) is 11.3 Å². The molecule has 0 amide bonds. The number of aldehydes is 2. The highest BCUT2D eigenvalue weighted by molar-refractivity contribution is 5.79. The van der Waals surface area contributed by atoms with Crippen molar-refractivity contribution in [2.75, 3.05) is 19.0 Å². The zero-order valence-corrected chi connectivity index (χ0v) is 14.9. The maximum atomic E-state index is 11.2. The van der Waals surface area contributed by atoms with E-state index < -0.39 is 0 Å². The van der Waals surface area contributed by atoms with E-state index in [4.69, 9.17) is 4.74 Å². The number of aromatic nitrogens is 2. The minimum Gasteiger partial charge on any atom is -0.497 e. The van der Waals surface area contributed by atoms with Crippen molar-refractivity contribution in [3.63, 3.8) is 0 Å². The highest BCUT2D eigenvalue weighted by Gasteiger charge is 2.07. The summed E-state index contributed by atoms with van der Waals surface area (Å²) in [7, 11) is 1.64. The molecule has 1 N–H and O–H groups in total. The van der Waals surface area contributed by atoms with Crippen molar-refractivity contribution in [1.82, 2.24) is 9.97 Å². The average molecular weight is 361 g/mol. The maximum Gasteiger partial charge on any atom is 0.195 e. The molecule has 1 aromatic heterocycles. The fourth-order valence-electron chi connectivity index (χ4n) is 2.66. The maximum absolute atomic E-state index is 11.2. The van der Waals surface area contributed by atoms with Gasteiger partial charge in [-0.2, -0.15) is 0 Å². The number of benzene rings is 2. The Morgan fingerprint density at radius 1 is 1.00 bits per heavy atom. The van der Waals surface area contributed by atoms with Crippen LogP contribution in [-0.2, 0) is 6.42 Å². The van der Waals surface area contributed by atoms with E-state index in [1.54, 1.807) is 31.4 Å². The van der Waals surface area contributed by atoms with Crippen molar-refractivity contribution in [3.05, 3.63) is 71.5 Å². The average Bonchev–Trinajstić information content (AvgIpc) is 2.74. The largest absolute Gasteiger partial charge is 0.497 e. The van der Waals surface area contributed by atoms with Gasteiger partial charge in [0.25, 0.3) is 0 Å². The molecule has 0 unspecified atom stereocenters. The number of rotatable bonds is 8. The van der Waals surface area contributed by atoms with E-state index in [0.29, 0.717) is 29.9 Å². The van der Waals surface area contributed by atoms with Gasteiger partial charge in [-0.3, -0.25) is 9.59 Å². The van der Waals surface area contributed by atoms with Gasteiger partial charge < -0.3 is 10.1 Å². The number of anilines is 1. The van der Waals surface area contributed by atoms with Crippen molar-refractivity contribution < 1.29 is 14.3 Å². The lowest BCUT2D eigenvalue weighted by molar-refractivity contribution is 0.111. The van der Waals surface area contributed by atoms with E-state index in [1.165, 1.54) is 0 Å². The quantitative estimate of drug-likeness (QED) is 0.619. The van der Waals surface area contributed by atoms with Gasteiger partial charge in [-0.15, -0.1) is 0 Å². The first-order valence-corrected chi connectivity index (χ1v) is 8.48. The molecule has 3 aromatic rings. The molecular formula is C21H19N3O3. The van der Waals surface area contributed by atoms with E-state index in [0.717, 1.165) is 29.6 Å². The Morgan fingerprint density at radius 3 is 2.52 bits per heavy atom. The predicted molar refractivity (Wildman–Crippen MR) is 103 cm³/mol. The number of hydrogen-bond donors (Lipinski definition) is 1. The molecule has 136 valence electrons. The van der Waals surface area contributed by atoms with Crippen LogP contribution in [0.15, 0.2) is 54.6 Å². The molecule has 3 rings (SSSR count). The monoisotopic (exact) mass is 361 g/mol. The SMILES string of the molecule is COc1ccc(CCNc2cc(-c3cccc(C=O)c3)nc(C=O)n2)cc1. The summed E-state index contributed by atoms with van der Waals surface area (Å²) in [6.07, 6.45) is 2.18. The van der Waals surface area contributed by atoms with Gasteiger partial charge in [0.1, 0.15) is 17.9 Å². The van der Waals surface area contributed by atoms with Crippen LogP contribution in [0, 0.1) is 0 Å². The second kappa shape index (κ2) is 8.71. The van der Waals surface area contributed by atoms with Crippen LogP contribution in [0.4, 0.5) is 5.82 Å². The summed E-state index contributed by atoms with van der Waals surface area (Å²) in [4.78, 5) is 30.6. The summed E-state index contributed by atoms with van der Waals surface area (Å²) < 4.78 is 5.15. The normalized spacial score (nSPS) is 10.3. The highest BCUT2D eigenvalue weighted by atomic mass is 16.5. The number of hydrogen-bond acceptors (Lipinski definition) is 6. The molecule has 2 aromatic carbocycles. The summed E-state index contributed by atoms with van der Waals surface area (Å²) in [6.45, 7) is 0.648. The molecule has 0 spiro atoms. The van der Waals surface area contributed by atoms with Gasteiger partial charge in [0.2, 0.25) is 0 Å². The Balaban J connectivity index is 1.74. The van der Waals surface area contributed by atoms with E-state index in [2.05, 4.69) is 15.3 Å². The number of nitrogens with zero attached hydrogens (tertiary/aromatic N) is 2. The van der Waals surface area contributed by atoms with Crippen molar-refractivity contribution in [3.8, 4) is 17.0 Å². The van der Waals surface area contributed by atoms with Gasteiger partial charge in [0.05, 0.1) is 12.8 Å². The van der Waals surface area contributed by atoms with Crippen molar-refractivity contribution in [2.24, 2.45) is 0 Å². The molecule has 1 heterocycles. The topological polar surface area (TPSA) is 81.2 Å². The molecule has 6 heteroatoms. The Morgan fingerprint density at radius 2 is 1.81 bits per heavy atom. The number of nitrogens with one attached hydrogen (secondary N) is 1. The minimum atomic E-state index is 0.0935. The van der Waals surface area contributed by atoms with Crippen LogP contribution < -0.4 is 10.1 Å². The van der Waals surface area contributed by atoms with E-state index in [1.807, 2.05) is 30.3 Å². The summed E-state index contributed by atoms with van der Waals surface area (Å²) in [5, 5.41) is 3.22. The van der Waals surface area contributed by atoms with Crippen LogP contribution in [0.5, 0.6) is 5.75 Å². The summed E-state index contributed by atoms with van der Waals surface area (Å²) in [5.41, 5.74) is 3.05. The highest BCUT2D eigenvalue weighted by Crippen LogP contribution is 2.21. The first kappa shape index (κ1) is 18.3. The molecule has 27 heavy (non-hydrogen) atoms. The molecule has 0 atom stereocenters. The second-order valence-corrected chi connectivity index (χ2v) is 5.88. The molecule has 0 radical (unpaired) electrons. The zero-order valence-electron chi connectivity index (χ0n) is 14.9. The number of carbonyl (C=O) groups is 2. The molecule has 0 aliphatic rings. The van der Waals surface area contributed by atoms with Crippen molar-refractivity contribution >= 4 is 18.4 Å². The lowest BCUT2D eigenvalue weighted by Crippen LogP contribution is -2.08. The molecule has 0 bridgehead atoms. The van der Waals surface area contributed by atoms with Crippen molar-refractivity contribution in [1.29, 1.82) is 0 Å². The van der Waals surface area contributed by atoms with Crippen LogP contribution in [-0.4, -0.2) is 36.2 Å². The van der Waals surface area contributed by atoms with Gasteiger partial charge in [-0.1, -0.05) is 30.3 Å². The Kier molecular flexibility index (Phi) is 5.89. The van der Waals surface area contributed by atoms with E-state index >= 15 is 0 Å². The fraction of sp³-hybridized carbons (Fsp3) is 0.143. The second-order valence-electron chi connectivity index (χ2n) is 5.88. The van der Waals surface area contributed by atoms with Gasteiger partial charge in [0, 0.05) is 23.7 Å². The van der Waals surface area contributed by atoms with E-state index in [9.17, 15) is 9.59 Å². The number of ether oxygens (including phenoxy) is 1. The van der Waals surface area contributed by atoms with Gasteiger partial charge in [-0.05, 0) is 30.2 Å². The van der Waals surface area contributed by atoms with Crippen molar-refractivity contribution in [2.45, 2.75) is 6.42 Å². The van der Waals surface area contributed by atoms with Crippen LogP contribution >= 0.6 is 0 Å². The fourth-order valence-corrected chi connectivity index (χ4v) is 2.66. The Hall–Kier alpha value is -3.54. The van der Waals surface area contributed by atoms with E-state index in [-0.39, 0.29) is 5.82 Å². The molecule has 0 aliphatic carbocycles. The van der Waals surface area contributed by atoms with Crippen LogP contribution in [0.1, 0.15) is 26.5 Å². The third kappa shape index (κ3) is 4.76. The molecule has 0 aliphatic heterocycles. The third-order valence-corrected chi connectivity index (χ3v) is 4.05. The predicted octanol–water partition coefficient (Wildman–Crippen LogP) is 3.43. The Labute approximate surface area is 157 Å². The molecule has 6 nitrogen and oxygen atoms in total. The van der Waals surface area contributed by atoms with Gasteiger partial charge >= 0.3 is 0 Å². The number of carbonyl (C=O) groups excluding carboxylic acids is 2. The summed E-state index contributed by atoms with van der Waals surface area (Å²) in [6, 6.07) is 16.7. The van der Waals surface area contributed by atoms with Gasteiger partial charge in [0.15, 0.2) is 12.1 Å². The minimum absolute atomic E-state index is 0.0935. The first-order chi connectivity index (χ1) is 13.2. The standard InChI is InChI=1S/C21H19N3O3/c1-27-18-7-5-15(6-8-18)9-10-22-20-12-19(23-21(14-26)24-20)17-4-2-3-16(11-17)13-25/h2-8,11-14H,9-10H2,1H3,(H,22,23,24). The smallest absolute Gasteiger partial charge is 0.195 e. The van der Waals surface area contributed by atoms with Gasteiger partial charge in [-0.25, -0.2) is 9.97 Å². The Bertz CT molecular complexity index is 940. The lowest BCUT2D eigenvalue weighted by Gasteiger charge is -2.09. The summed E-state index contributed by atoms with van der Waals surface area (Å²) in [5.74, 6) is 1.48. The zero-order chi connectivity index (χ0) is 19.1. The lowest BCUT2D eigenvalue weighted by atomic mass is 10.1. The van der Waals surface area contributed by atoms with Crippen LogP contribution in [0.2, 0.25) is 0 Å². The summed E-state index contributed by atoms with van der Waals surface area (Å²) >= 11 is 0. The molecule has 0 saturated heterocycles. The first-order valence-electron chi connectivity index (χ1n) is 8.48.